The van der Waals surface area contributed by atoms with Crippen molar-refractivity contribution in [2.45, 2.75) is 32.1 Å². The molecule has 10 aromatic rings. The second-order valence-corrected chi connectivity index (χ2v) is 19.0. The largest absolute Gasteiger partial charge is 0.344 e. The summed E-state index contributed by atoms with van der Waals surface area (Å²) in [6.07, 6.45) is 13.1. The Kier molecular flexibility index (Phi) is 25.3. The minimum Gasteiger partial charge on any atom is -0.344 e. The summed E-state index contributed by atoms with van der Waals surface area (Å²) in [6, 6.07) is 79.2. The molecule has 0 saturated heterocycles. The molecule has 0 unspecified atom stereocenters. The van der Waals surface area contributed by atoms with Gasteiger partial charge in [0.15, 0.2) is 0 Å². The van der Waals surface area contributed by atoms with E-state index < -0.39 is 0 Å². The van der Waals surface area contributed by atoms with Crippen molar-refractivity contribution in [1.29, 1.82) is 0 Å². The maximum absolute atomic E-state index is 5.62. The standard InChI is InChI=1S/5C15H10.5Y/c1-2-11-7-5-8-13-10-12-6-3-4-9-14(12)15(11)13;1-2-11-7-5-9-14-13-8-4-3-6-12(13)10-15(11)14;1-2-11-7-8-15-13(9-11)10-12-5-3-4-6-14(12)15;2*1-2-11-7-8-13-10-12-5-3-4-6-14(12)15(13)9-11;;;;;/h4*1-6,8-9H,10H2;1-8H,10H2;;;;;/q5*-2;;;;;. The topological polar surface area (TPSA) is 0 Å². The normalized spacial score (nSPS) is 11.2. The predicted molar refractivity (Wildman–Crippen MR) is 311 cm³/mol. The summed E-state index contributed by atoms with van der Waals surface area (Å²) in [5.74, 6) is 0. The predicted octanol–water partition coefficient (Wildman–Crippen LogP) is 17.5. The van der Waals surface area contributed by atoms with Gasteiger partial charge in [0.2, 0.25) is 0 Å². The zero-order chi connectivity index (χ0) is 51.3. The van der Waals surface area contributed by atoms with Gasteiger partial charge in [-0.1, -0.05) is 156 Å². The fourth-order valence-corrected chi connectivity index (χ4v) is 11.1. The molecule has 5 aliphatic rings. The van der Waals surface area contributed by atoms with Crippen LogP contribution in [0.3, 0.4) is 0 Å². The smallest absolute Gasteiger partial charge is 0 e. The van der Waals surface area contributed by atoms with Gasteiger partial charge in [-0.05, 0) is 59.1 Å². The molecule has 0 N–H and O–H groups in total. The summed E-state index contributed by atoms with van der Waals surface area (Å²) < 4.78 is 0. The molecule has 0 fully saturated rings. The van der Waals surface area contributed by atoms with Crippen molar-refractivity contribution < 1.29 is 164 Å². The van der Waals surface area contributed by atoms with Crippen LogP contribution in [0.2, 0.25) is 0 Å². The molecule has 0 aromatic heterocycles. The molecular weight excluding hydrogens is 1350 g/mol. The van der Waals surface area contributed by atoms with Crippen LogP contribution in [0.5, 0.6) is 0 Å². The van der Waals surface area contributed by atoms with Crippen LogP contribution in [-0.2, 0) is 196 Å². The fraction of sp³-hybridized carbons (Fsp3) is 0.0667. The summed E-state index contributed by atoms with van der Waals surface area (Å²) >= 11 is 0. The van der Waals surface area contributed by atoms with Crippen molar-refractivity contribution in [2.24, 2.45) is 0 Å². The van der Waals surface area contributed by atoms with E-state index in [1.54, 1.807) is 30.4 Å². The Morgan fingerprint density at radius 3 is 1.39 bits per heavy atom. The molecule has 5 aliphatic carbocycles. The van der Waals surface area contributed by atoms with Crippen molar-refractivity contribution in [3.05, 3.63) is 329 Å². The van der Waals surface area contributed by atoms with Crippen LogP contribution < -0.4 is 0 Å². The Morgan fingerprint density at radius 1 is 0.300 bits per heavy atom. The van der Waals surface area contributed by atoms with Crippen LogP contribution in [0.1, 0.15) is 83.5 Å². The molecule has 0 atom stereocenters. The van der Waals surface area contributed by atoms with Crippen molar-refractivity contribution in [3.8, 4) is 55.6 Å². The third kappa shape index (κ3) is 14.1. The first-order valence-electron chi connectivity index (χ1n) is 25.3. The molecule has 0 aliphatic heterocycles. The zero-order valence-electron chi connectivity index (χ0n) is 44.5. The van der Waals surface area contributed by atoms with Gasteiger partial charge in [-0.2, -0.15) is 29.8 Å². The Balaban J connectivity index is 0.000000159. The Hall–Kier alpha value is -3.58. The van der Waals surface area contributed by atoms with Gasteiger partial charge in [0, 0.05) is 164 Å². The van der Waals surface area contributed by atoms with E-state index in [0.29, 0.717) is 0 Å². The quantitative estimate of drug-likeness (QED) is 0.151. The van der Waals surface area contributed by atoms with E-state index in [-0.39, 0.29) is 164 Å². The second-order valence-electron chi connectivity index (χ2n) is 19.0. The molecule has 0 spiro atoms. The maximum Gasteiger partial charge on any atom is 0 e. The third-order valence-corrected chi connectivity index (χ3v) is 14.7. The zero-order valence-corrected chi connectivity index (χ0v) is 58.7. The van der Waals surface area contributed by atoms with Gasteiger partial charge in [0.25, 0.3) is 0 Å². The van der Waals surface area contributed by atoms with Crippen molar-refractivity contribution >= 4 is 30.4 Å². The van der Waals surface area contributed by atoms with Crippen LogP contribution in [0.25, 0.3) is 86.0 Å². The van der Waals surface area contributed by atoms with Gasteiger partial charge in [0.05, 0.1) is 0 Å². The molecule has 0 nitrogen and oxygen atoms in total. The molecule has 0 saturated carbocycles. The Labute approximate surface area is 601 Å². The second kappa shape index (κ2) is 30.8. The number of fused-ring (bicyclic) bond motifs is 15. The summed E-state index contributed by atoms with van der Waals surface area (Å²) in [7, 11) is 0. The molecule has 80 heavy (non-hydrogen) atoms. The molecular formula is C75H50Y5-10. The van der Waals surface area contributed by atoms with Gasteiger partial charge < -0.3 is 73.9 Å². The summed E-state index contributed by atoms with van der Waals surface area (Å²) in [5.41, 5.74) is 31.6. The monoisotopic (exact) mass is 1390 g/mol. The third-order valence-electron chi connectivity index (χ3n) is 14.7. The minimum atomic E-state index is 0. The van der Waals surface area contributed by atoms with E-state index in [9.17, 15) is 0 Å². The van der Waals surface area contributed by atoms with E-state index >= 15 is 0 Å². The fourth-order valence-electron chi connectivity index (χ4n) is 11.1. The van der Waals surface area contributed by atoms with Gasteiger partial charge in [0.1, 0.15) is 0 Å². The molecule has 5 heteroatoms. The van der Waals surface area contributed by atoms with Gasteiger partial charge in [-0.25, -0.2) is 54.1 Å². The van der Waals surface area contributed by atoms with Gasteiger partial charge in [-0.3, -0.25) is 17.2 Å². The van der Waals surface area contributed by atoms with Crippen LogP contribution in [0.4, 0.5) is 0 Å². The molecule has 5 radical (unpaired) electrons. The molecule has 15 rings (SSSR count). The Morgan fingerprint density at radius 2 is 0.762 bits per heavy atom. The van der Waals surface area contributed by atoms with E-state index in [4.69, 9.17) is 32.9 Å². The summed E-state index contributed by atoms with van der Waals surface area (Å²) in [4.78, 5) is 0. The first-order valence-corrected chi connectivity index (χ1v) is 25.3. The molecule has 0 heterocycles. The van der Waals surface area contributed by atoms with E-state index in [0.717, 1.165) is 59.9 Å². The molecule has 0 amide bonds. The summed E-state index contributed by atoms with van der Waals surface area (Å²) in [5, 5.41) is 0. The SMILES string of the molecule is [CH-]=Cc1[c-]c2c(cc1)Cc1ccccc1-2.[CH-]=Cc1[c-]cc2c(c1)-c1ccccc1C2.[CH-]=Cc1[c-]cc2c(c1)Cc1ccccc1-2.[CH-]=Cc1[c-]ccc2c1-c1ccccc1C2.[CH-]=Cc1[c-]ccc2c1Cc1ccccc1-2.[Y].[Y].[Y].[Y].[Y]. The van der Waals surface area contributed by atoms with Crippen LogP contribution in [0.15, 0.2) is 182 Å². The van der Waals surface area contributed by atoms with Crippen LogP contribution in [0, 0.1) is 63.2 Å². The van der Waals surface area contributed by atoms with Crippen molar-refractivity contribution in [1.82, 2.24) is 0 Å². The molecule has 10 aromatic carbocycles. The number of hydrogen-bond acceptors (Lipinski definition) is 0. The number of hydrogen-bond donors (Lipinski definition) is 0. The average Bonchev–Trinajstić information content (AvgIpc) is 4.32. The van der Waals surface area contributed by atoms with Crippen molar-refractivity contribution in [3.63, 3.8) is 0 Å². The molecule has 0 bridgehead atoms. The first kappa shape index (κ1) is 65.6. The van der Waals surface area contributed by atoms with Gasteiger partial charge in [-0.15, -0.1) is 57.1 Å². The Bertz CT molecular complexity index is 3760. The molecule has 375 valence electrons. The van der Waals surface area contributed by atoms with E-state index in [1.165, 1.54) is 111 Å². The number of benzene rings is 10. The number of rotatable bonds is 5. The van der Waals surface area contributed by atoms with Crippen LogP contribution >= 0.6 is 0 Å². The van der Waals surface area contributed by atoms with E-state index in [2.05, 4.69) is 182 Å². The van der Waals surface area contributed by atoms with Crippen LogP contribution in [-0.4, -0.2) is 0 Å². The first-order chi connectivity index (χ1) is 36.9. The summed E-state index contributed by atoms with van der Waals surface area (Å²) in [6.45, 7) is 27.7. The van der Waals surface area contributed by atoms with E-state index in [1.807, 2.05) is 30.3 Å². The van der Waals surface area contributed by atoms with Crippen molar-refractivity contribution in [2.75, 3.05) is 0 Å². The van der Waals surface area contributed by atoms with Gasteiger partial charge >= 0.3 is 0 Å². The average molecular weight is 1400 g/mol. The maximum atomic E-state index is 5.62. The minimum absolute atomic E-state index is 0.